The van der Waals surface area contributed by atoms with E-state index in [9.17, 15) is 0 Å². The number of ether oxygens (including phenoxy) is 1. The second-order valence-corrected chi connectivity index (χ2v) is 4.56. The standard InChI is InChI=1S/C14H19N3O/c1-10(2)15-8-9-18-14-11(3)16-12-6-4-5-7-13(12)17-14/h4-7,10,15H,8-9H2,1-3H3. The Balaban J connectivity index is 2.06. The van der Waals surface area contributed by atoms with Crippen LogP contribution in [0.2, 0.25) is 0 Å². The molecule has 0 atom stereocenters. The van der Waals surface area contributed by atoms with E-state index in [0.29, 0.717) is 18.5 Å². The minimum Gasteiger partial charge on any atom is -0.475 e. The van der Waals surface area contributed by atoms with Gasteiger partial charge in [0.15, 0.2) is 0 Å². The zero-order valence-corrected chi connectivity index (χ0v) is 11.1. The number of nitrogens with zero attached hydrogens (tertiary/aromatic N) is 2. The normalized spacial score (nSPS) is 11.1. The van der Waals surface area contributed by atoms with Crippen molar-refractivity contribution >= 4 is 11.0 Å². The Morgan fingerprint density at radius 2 is 1.83 bits per heavy atom. The van der Waals surface area contributed by atoms with Gasteiger partial charge in [0.25, 0.3) is 0 Å². The van der Waals surface area contributed by atoms with Gasteiger partial charge >= 0.3 is 0 Å². The maximum atomic E-state index is 5.66. The van der Waals surface area contributed by atoms with E-state index in [1.807, 2.05) is 31.2 Å². The topological polar surface area (TPSA) is 47.0 Å². The molecule has 1 aromatic carbocycles. The number of fused-ring (bicyclic) bond motifs is 1. The van der Waals surface area contributed by atoms with Gasteiger partial charge in [-0.1, -0.05) is 26.0 Å². The lowest BCUT2D eigenvalue weighted by Crippen LogP contribution is -2.27. The Bertz CT molecular complexity index is 525. The summed E-state index contributed by atoms with van der Waals surface area (Å²) in [6.07, 6.45) is 0. The van der Waals surface area contributed by atoms with Crippen molar-refractivity contribution in [2.75, 3.05) is 13.2 Å². The number of aryl methyl sites for hydroxylation is 1. The highest BCUT2D eigenvalue weighted by Gasteiger charge is 2.05. The summed E-state index contributed by atoms with van der Waals surface area (Å²) >= 11 is 0. The molecule has 0 bridgehead atoms. The van der Waals surface area contributed by atoms with Crippen molar-refractivity contribution < 1.29 is 4.74 Å². The molecule has 1 aromatic heterocycles. The van der Waals surface area contributed by atoms with E-state index in [-0.39, 0.29) is 0 Å². The average Bonchev–Trinajstić information content (AvgIpc) is 2.34. The van der Waals surface area contributed by atoms with Gasteiger partial charge in [0, 0.05) is 12.6 Å². The summed E-state index contributed by atoms with van der Waals surface area (Å²) in [5.74, 6) is 0.624. The van der Waals surface area contributed by atoms with Gasteiger partial charge in [-0.3, -0.25) is 0 Å². The molecule has 0 amide bonds. The molecule has 0 aliphatic carbocycles. The number of hydrogen-bond donors (Lipinski definition) is 1. The molecule has 1 N–H and O–H groups in total. The molecule has 2 aromatic rings. The highest BCUT2D eigenvalue weighted by Crippen LogP contribution is 2.17. The van der Waals surface area contributed by atoms with Crippen LogP contribution in [0.3, 0.4) is 0 Å². The highest BCUT2D eigenvalue weighted by atomic mass is 16.5. The van der Waals surface area contributed by atoms with Gasteiger partial charge in [-0.05, 0) is 19.1 Å². The Hall–Kier alpha value is -1.68. The van der Waals surface area contributed by atoms with Crippen molar-refractivity contribution in [3.05, 3.63) is 30.0 Å². The van der Waals surface area contributed by atoms with E-state index >= 15 is 0 Å². The van der Waals surface area contributed by atoms with Crippen molar-refractivity contribution in [1.29, 1.82) is 0 Å². The summed E-state index contributed by atoms with van der Waals surface area (Å²) in [4.78, 5) is 8.96. The van der Waals surface area contributed by atoms with Crippen LogP contribution >= 0.6 is 0 Å². The molecule has 4 nitrogen and oxygen atoms in total. The first-order valence-corrected chi connectivity index (χ1v) is 6.26. The zero-order valence-electron chi connectivity index (χ0n) is 11.1. The quantitative estimate of drug-likeness (QED) is 0.821. The summed E-state index contributed by atoms with van der Waals surface area (Å²) in [6, 6.07) is 8.29. The molecule has 1 heterocycles. The van der Waals surface area contributed by atoms with Crippen molar-refractivity contribution in [2.24, 2.45) is 0 Å². The molecule has 4 heteroatoms. The number of nitrogens with one attached hydrogen (secondary N) is 1. The summed E-state index contributed by atoms with van der Waals surface area (Å²) in [5, 5.41) is 3.30. The Morgan fingerprint density at radius 1 is 1.17 bits per heavy atom. The minimum atomic E-state index is 0.470. The molecule has 96 valence electrons. The summed E-state index contributed by atoms with van der Waals surface area (Å²) < 4.78 is 5.66. The van der Waals surface area contributed by atoms with Gasteiger partial charge < -0.3 is 10.1 Å². The molecule has 0 unspecified atom stereocenters. The monoisotopic (exact) mass is 245 g/mol. The van der Waals surface area contributed by atoms with Crippen molar-refractivity contribution in [3.63, 3.8) is 0 Å². The molecule has 0 saturated heterocycles. The van der Waals surface area contributed by atoms with Gasteiger partial charge in [0.05, 0.1) is 11.0 Å². The van der Waals surface area contributed by atoms with Gasteiger partial charge in [0.2, 0.25) is 5.88 Å². The first kappa shape index (κ1) is 12.8. The molecule has 0 fully saturated rings. The SMILES string of the molecule is Cc1nc2ccccc2nc1OCCNC(C)C. The van der Waals surface area contributed by atoms with Gasteiger partial charge in [-0.15, -0.1) is 0 Å². The fraction of sp³-hybridized carbons (Fsp3) is 0.429. The summed E-state index contributed by atoms with van der Waals surface area (Å²) in [5.41, 5.74) is 2.61. The number of hydrogen-bond acceptors (Lipinski definition) is 4. The second kappa shape index (κ2) is 5.78. The third-order valence-electron chi connectivity index (χ3n) is 2.59. The van der Waals surface area contributed by atoms with E-state index < -0.39 is 0 Å². The summed E-state index contributed by atoms with van der Waals surface area (Å²) in [6.45, 7) is 7.56. The molecule has 0 aliphatic rings. The Morgan fingerprint density at radius 3 is 2.50 bits per heavy atom. The Kier molecular flexibility index (Phi) is 4.10. The fourth-order valence-corrected chi connectivity index (χ4v) is 1.70. The number of para-hydroxylation sites is 2. The molecule has 2 rings (SSSR count). The molecule has 0 aliphatic heterocycles. The maximum absolute atomic E-state index is 5.66. The van der Waals surface area contributed by atoms with Crippen LogP contribution in [0.1, 0.15) is 19.5 Å². The molecule has 0 radical (unpaired) electrons. The fourth-order valence-electron chi connectivity index (χ4n) is 1.70. The van der Waals surface area contributed by atoms with E-state index in [1.165, 1.54) is 0 Å². The first-order chi connectivity index (χ1) is 8.66. The smallest absolute Gasteiger partial charge is 0.235 e. The van der Waals surface area contributed by atoms with E-state index in [0.717, 1.165) is 23.3 Å². The van der Waals surface area contributed by atoms with Crippen molar-refractivity contribution in [1.82, 2.24) is 15.3 Å². The van der Waals surface area contributed by atoms with E-state index in [4.69, 9.17) is 4.74 Å². The highest BCUT2D eigenvalue weighted by molar-refractivity contribution is 5.74. The van der Waals surface area contributed by atoms with Crippen molar-refractivity contribution in [3.8, 4) is 5.88 Å². The number of aromatic nitrogens is 2. The van der Waals surface area contributed by atoms with Crippen molar-refractivity contribution in [2.45, 2.75) is 26.8 Å². The van der Waals surface area contributed by atoms with Crippen LogP contribution in [0.4, 0.5) is 0 Å². The minimum absolute atomic E-state index is 0.470. The number of benzene rings is 1. The van der Waals surface area contributed by atoms with Gasteiger partial charge in [-0.25, -0.2) is 9.97 Å². The van der Waals surface area contributed by atoms with E-state index in [1.54, 1.807) is 0 Å². The average molecular weight is 245 g/mol. The zero-order chi connectivity index (χ0) is 13.0. The van der Waals surface area contributed by atoms with Crippen LogP contribution in [0.5, 0.6) is 5.88 Å². The molecule has 0 spiro atoms. The first-order valence-electron chi connectivity index (χ1n) is 6.26. The Labute approximate surface area is 107 Å². The molecule has 18 heavy (non-hydrogen) atoms. The predicted molar refractivity (Wildman–Crippen MR) is 72.9 cm³/mol. The van der Waals surface area contributed by atoms with Crippen LogP contribution in [0.25, 0.3) is 11.0 Å². The third kappa shape index (κ3) is 3.17. The van der Waals surface area contributed by atoms with Crippen LogP contribution in [0, 0.1) is 6.92 Å². The van der Waals surface area contributed by atoms with E-state index in [2.05, 4.69) is 29.1 Å². The lowest BCUT2D eigenvalue weighted by atomic mass is 10.3. The van der Waals surface area contributed by atoms with Crippen LogP contribution in [0.15, 0.2) is 24.3 Å². The van der Waals surface area contributed by atoms with Crippen LogP contribution < -0.4 is 10.1 Å². The largest absolute Gasteiger partial charge is 0.475 e. The molecule has 0 saturated carbocycles. The van der Waals surface area contributed by atoms with Crippen LogP contribution in [-0.4, -0.2) is 29.2 Å². The third-order valence-corrected chi connectivity index (χ3v) is 2.59. The molecular weight excluding hydrogens is 226 g/mol. The second-order valence-electron chi connectivity index (χ2n) is 4.56. The van der Waals surface area contributed by atoms with Gasteiger partial charge in [0.1, 0.15) is 12.3 Å². The summed E-state index contributed by atoms with van der Waals surface area (Å²) in [7, 11) is 0. The number of rotatable bonds is 5. The lowest BCUT2D eigenvalue weighted by molar-refractivity contribution is 0.295. The predicted octanol–water partition coefficient (Wildman–Crippen LogP) is 2.32. The lowest BCUT2D eigenvalue weighted by Gasteiger charge is -2.10. The van der Waals surface area contributed by atoms with Crippen LogP contribution in [-0.2, 0) is 0 Å². The maximum Gasteiger partial charge on any atom is 0.235 e. The molecular formula is C14H19N3O. The van der Waals surface area contributed by atoms with Gasteiger partial charge in [-0.2, -0.15) is 0 Å².